The summed E-state index contributed by atoms with van der Waals surface area (Å²) in [7, 11) is 0. The maximum atomic E-state index is 8.62. The fraction of sp³-hybridized carbons (Fsp3) is 0.750. The lowest BCUT2D eigenvalue weighted by molar-refractivity contribution is 0.568. The molecule has 1 unspecified atom stereocenters. The summed E-state index contributed by atoms with van der Waals surface area (Å²) in [4.78, 5) is 0. The Bertz CT molecular complexity index is 166. The van der Waals surface area contributed by atoms with Crippen LogP contribution in [0.15, 0.2) is 0 Å². The highest BCUT2D eigenvalue weighted by atomic mass is 127. The van der Waals surface area contributed by atoms with Crippen molar-refractivity contribution in [1.29, 1.82) is 10.5 Å². The van der Waals surface area contributed by atoms with Crippen molar-refractivity contribution < 1.29 is 0 Å². The molecule has 11 heavy (non-hydrogen) atoms. The number of unbranched alkanes of at least 4 members (excludes halogenated alkanes) is 1. The Morgan fingerprint density at radius 2 is 2.00 bits per heavy atom. The number of nitriles is 2. The van der Waals surface area contributed by atoms with Crippen molar-refractivity contribution in [2.75, 3.05) is 4.43 Å². The smallest absolute Gasteiger partial charge is 0.0656 e. The van der Waals surface area contributed by atoms with E-state index in [2.05, 4.69) is 34.7 Å². The first-order valence-electron chi connectivity index (χ1n) is 3.67. The number of rotatable bonds is 5. The molecule has 0 aromatic heterocycles. The van der Waals surface area contributed by atoms with Gasteiger partial charge in [0.15, 0.2) is 0 Å². The zero-order valence-electron chi connectivity index (χ0n) is 6.39. The van der Waals surface area contributed by atoms with E-state index in [1.54, 1.807) is 0 Å². The molecule has 60 valence electrons. The van der Waals surface area contributed by atoms with Crippen molar-refractivity contribution in [3.63, 3.8) is 0 Å². The van der Waals surface area contributed by atoms with Gasteiger partial charge in [-0.1, -0.05) is 22.6 Å². The van der Waals surface area contributed by atoms with E-state index in [4.69, 9.17) is 10.5 Å². The minimum atomic E-state index is 0.167. The van der Waals surface area contributed by atoms with Crippen molar-refractivity contribution in [3.8, 4) is 12.1 Å². The topological polar surface area (TPSA) is 47.6 Å². The van der Waals surface area contributed by atoms with Gasteiger partial charge >= 0.3 is 0 Å². The Kier molecular flexibility index (Phi) is 7.61. The van der Waals surface area contributed by atoms with Gasteiger partial charge in [0.25, 0.3) is 0 Å². The lowest BCUT2D eigenvalue weighted by Crippen LogP contribution is -1.97. The van der Waals surface area contributed by atoms with Crippen molar-refractivity contribution in [2.45, 2.75) is 25.7 Å². The van der Waals surface area contributed by atoms with E-state index in [1.165, 1.54) is 0 Å². The first kappa shape index (κ1) is 10.7. The molecule has 0 fully saturated rings. The Morgan fingerprint density at radius 3 is 2.45 bits per heavy atom. The molecule has 3 heteroatoms. The van der Waals surface area contributed by atoms with Crippen LogP contribution in [-0.2, 0) is 0 Å². The average Bonchev–Trinajstić information content (AvgIpc) is 2.03. The van der Waals surface area contributed by atoms with Gasteiger partial charge < -0.3 is 0 Å². The van der Waals surface area contributed by atoms with Crippen LogP contribution >= 0.6 is 22.6 Å². The highest BCUT2D eigenvalue weighted by Crippen LogP contribution is 2.12. The van der Waals surface area contributed by atoms with Gasteiger partial charge in [-0.15, -0.1) is 0 Å². The first-order chi connectivity index (χ1) is 5.35. The molecule has 0 aromatic rings. The summed E-state index contributed by atoms with van der Waals surface area (Å²) >= 11 is 2.27. The summed E-state index contributed by atoms with van der Waals surface area (Å²) in [5, 5.41) is 16.9. The van der Waals surface area contributed by atoms with E-state index in [9.17, 15) is 0 Å². The summed E-state index contributed by atoms with van der Waals surface area (Å²) in [6, 6.07) is 4.33. The maximum Gasteiger partial charge on any atom is 0.0656 e. The number of hydrogen-bond donors (Lipinski definition) is 0. The monoisotopic (exact) mass is 262 g/mol. The second kappa shape index (κ2) is 7.81. The largest absolute Gasteiger partial charge is 0.198 e. The van der Waals surface area contributed by atoms with E-state index in [0.29, 0.717) is 6.42 Å². The molecular weight excluding hydrogens is 251 g/mol. The van der Waals surface area contributed by atoms with E-state index in [1.807, 2.05) is 0 Å². The predicted octanol–water partition coefficient (Wildman–Crippen LogP) is 2.65. The molecule has 0 saturated carbocycles. The fourth-order valence-corrected chi connectivity index (χ4v) is 1.58. The highest BCUT2D eigenvalue weighted by molar-refractivity contribution is 14.1. The van der Waals surface area contributed by atoms with Gasteiger partial charge in [0.1, 0.15) is 0 Å². The summed E-state index contributed by atoms with van der Waals surface area (Å²) in [5.74, 6) is 0.167. The predicted molar refractivity (Wildman–Crippen MR) is 52.1 cm³/mol. The van der Waals surface area contributed by atoms with Crippen molar-refractivity contribution >= 4 is 22.6 Å². The zero-order valence-corrected chi connectivity index (χ0v) is 8.54. The van der Waals surface area contributed by atoms with E-state index in [-0.39, 0.29) is 5.92 Å². The molecule has 0 bridgehead atoms. The lowest BCUT2D eigenvalue weighted by atomic mass is 10.0. The molecule has 0 aliphatic carbocycles. The molecule has 0 rings (SSSR count). The van der Waals surface area contributed by atoms with Crippen molar-refractivity contribution in [1.82, 2.24) is 0 Å². The molecule has 0 heterocycles. The molecular formula is C8H11IN2. The normalized spacial score (nSPS) is 11.5. The Morgan fingerprint density at radius 1 is 1.27 bits per heavy atom. The van der Waals surface area contributed by atoms with Gasteiger partial charge in [0, 0.05) is 16.8 Å². The SMILES string of the molecule is N#CCCCC(C#N)CCI. The van der Waals surface area contributed by atoms with Crippen molar-refractivity contribution in [2.24, 2.45) is 5.92 Å². The number of alkyl halides is 1. The standard InChI is InChI=1S/C8H11IN2/c9-5-4-8(7-11)3-1-2-6-10/h8H,1-5H2. The van der Waals surface area contributed by atoms with E-state index >= 15 is 0 Å². The fourth-order valence-electron chi connectivity index (χ4n) is 0.833. The van der Waals surface area contributed by atoms with E-state index in [0.717, 1.165) is 23.7 Å². The van der Waals surface area contributed by atoms with Gasteiger partial charge in [-0.05, 0) is 19.3 Å². The molecule has 0 amide bonds. The minimum absolute atomic E-state index is 0.167. The molecule has 0 aliphatic rings. The molecule has 0 aliphatic heterocycles. The van der Waals surface area contributed by atoms with Gasteiger partial charge in [0.05, 0.1) is 12.1 Å². The Hall–Kier alpha value is -0.290. The second-order valence-electron chi connectivity index (χ2n) is 2.35. The third kappa shape index (κ3) is 6.12. The highest BCUT2D eigenvalue weighted by Gasteiger charge is 2.04. The third-order valence-corrected chi connectivity index (χ3v) is 2.10. The van der Waals surface area contributed by atoms with Crippen LogP contribution in [0.1, 0.15) is 25.7 Å². The average molecular weight is 262 g/mol. The molecule has 0 radical (unpaired) electrons. The van der Waals surface area contributed by atoms with Crippen LogP contribution in [0.3, 0.4) is 0 Å². The number of nitrogens with zero attached hydrogens (tertiary/aromatic N) is 2. The zero-order chi connectivity index (χ0) is 8.53. The summed E-state index contributed by atoms with van der Waals surface area (Å²) < 4.78 is 1.03. The van der Waals surface area contributed by atoms with Crippen molar-refractivity contribution in [3.05, 3.63) is 0 Å². The Labute approximate surface area is 81.3 Å². The molecule has 1 atom stereocenters. The molecule has 0 N–H and O–H groups in total. The Balaban J connectivity index is 3.39. The van der Waals surface area contributed by atoms with Crippen LogP contribution in [0.5, 0.6) is 0 Å². The maximum absolute atomic E-state index is 8.62. The summed E-state index contributed by atoms with van der Waals surface area (Å²) in [6.45, 7) is 0. The molecule has 0 saturated heterocycles. The van der Waals surface area contributed by atoms with Crippen LogP contribution in [0, 0.1) is 28.6 Å². The van der Waals surface area contributed by atoms with Crippen LogP contribution in [0.25, 0.3) is 0 Å². The van der Waals surface area contributed by atoms with Crippen LogP contribution in [0.2, 0.25) is 0 Å². The lowest BCUT2D eigenvalue weighted by Gasteiger charge is -2.03. The second-order valence-corrected chi connectivity index (χ2v) is 3.43. The van der Waals surface area contributed by atoms with Gasteiger partial charge in [-0.25, -0.2) is 0 Å². The van der Waals surface area contributed by atoms with Crippen LogP contribution in [0.4, 0.5) is 0 Å². The number of halogens is 1. The number of hydrogen-bond acceptors (Lipinski definition) is 2. The summed E-state index contributed by atoms with van der Waals surface area (Å²) in [5.41, 5.74) is 0. The van der Waals surface area contributed by atoms with Gasteiger partial charge in [-0.2, -0.15) is 10.5 Å². The van der Waals surface area contributed by atoms with Gasteiger partial charge in [-0.3, -0.25) is 0 Å². The molecule has 2 nitrogen and oxygen atoms in total. The third-order valence-electron chi connectivity index (χ3n) is 1.48. The van der Waals surface area contributed by atoms with E-state index < -0.39 is 0 Å². The molecule has 0 aromatic carbocycles. The van der Waals surface area contributed by atoms with Crippen LogP contribution < -0.4 is 0 Å². The quantitative estimate of drug-likeness (QED) is 0.434. The minimum Gasteiger partial charge on any atom is -0.198 e. The first-order valence-corrected chi connectivity index (χ1v) is 5.20. The van der Waals surface area contributed by atoms with Gasteiger partial charge in [0.2, 0.25) is 0 Å². The molecule has 0 spiro atoms. The van der Waals surface area contributed by atoms with Crippen LogP contribution in [-0.4, -0.2) is 4.43 Å². The summed E-state index contributed by atoms with van der Waals surface area (Å²) in [6.07, 6.45) is 3.29.